The van der Waals surface area contributed by atoms with Gasteiger partial charge in [0.05, 0.1) is 29.4 Å². The Kier molecular flexibility index (Phi) is 6.41. The predicted octanol–water partition coefficient (Wildman–Crippen LogP) is 4.05. The van der Waals surface area contributed by atoms with E-state index >= 15 is 0 Å². The molecular formula is C24H24N4O4S. The highest BCUT2D eigenvalue weighted by molar-refractivity contribution is 7.20. The number of benzene rings is 1. The van der Waals surface area contributed by atoms with Crippen molar-refractivity contribution >= 4 is 39.1 Å². The Morgan fingerprint density at radius 1 is 1.18 bits per heavy atom. The first kappa shape index (κ1) is 22.5. The fourth-order valence-corrected chi connectivity index (χ4v) is 4.51. The van der Waals surface area contributed by atoms with E-state index in [1.165, 1.54) is 22.7 Å². The summed E-state index contributed by atoms with van der Waals surface area (Å²) in [6, 6.07) is 11.1. The number of hydrogen-bond donors (Lipinski definition) is 2. The summed E-state index contributed by atoms with van der Waals surface area (Å²) in [5, 5.41) is 5.93. The van der Waals surface area contributed by atoms with Crippen LogP contribution in [0, 0.1) is 6.92 Å². The third-order valence-electron chi connectivity index (χ3n) is 5.30. The van der Waals surface area contributed by atoms with Crippen molar-refractivity contribution < 1.29 is 14.0 Å². The SMILES string of the molecule is Cc1c(C(=O)NCc2ccco2)sc2ncn(CC(=O)Nc3ccc(C(C)C)cc3)c(=O)c12. The van der Waals surface area contributed by atoms with E-state index in [0.29, 0.717) is 38.0 Å². The second-order valence-electron chi connectivity index (χ2n) is 8.00. The third-order valence-corrected chi connectivity index (χ3v) is 6.50. The fourth-order valence-electron chi connectivity index (χ4n) is 3.46. The zero-order valence-electron chi connectivity index (χ0n) is 18.5. The van der Waals surface area contributed by atoms with Crippen LogP contribution in [0.3, 0.4) is 0 Å². The van der Waals surface area contributed by atoms with Crippen LogP contribution in [-0.4, -0.2) is 21.4 Å². The van der Waals surface area contributed by atoms with Crippen LogP contribution in [0.5, 0.6) is 0 Å². The Balaban J connectivity index is 1.50. The molecule has 4 aromatic rings. The van der Waals surface area contributed by atoms with Gasteiger partial charge < -0.3 is 15.1 Å². The molecule has 2 N–H and O–H groups in total. The molecule has 0 unspecified atom stereocenters. The maximum atomic E-state index is 13.0. The van der Waals surface area contributed by atoms with Gasteiger partial charge in [-0.2, -0.15) is 0 Å². The van der Waals surface area contributed by atoms with Crippen molar-refractivity contribution in [3.8, 4) is 0 Å². The van der Waals surface area contributed by atoms with Gasteiger partial charge in [-0.25, -0.2) is 4.98 Å². The number of fused-ring (bicyclic) bond motifs is 1. The van der Waals surface area contributed by atoms with Crippen molar-refractivity contribution in [3.63, 3.8) is 0 Å². The fraction of sp³-hybridized carbons (Fsp3) is 0.250. The lowest BCUT2D eigenvalue weighted by Crippen LogP contribution is -2.28. The summed E-state index contributed by atoms with van der Waals surface area (Å²) in [6.45, 7) is 5.98. The minimum atomic E-state index is -0.357. The number of thiophene rings is 1. The van der Waals surface area contributed by atoms with Gasteiger partial charge in [0.2, 0.25) is 5.91 Å². The summed E-state index contributed by atoms with van der Waals surface area (Å²) in [5.41, 5.74) is 2.03. The lowest BCUT2D eigenvalue weighted by molar-refractivity contribution is -0.116. The van der Waals surface area contributed by atoms with Crippen molar-refractivity contribution in [2.45, 2.75) is 39.8 Å². The molecule has 0 saturated heterocycles. The zero-order valence-corrected chi connectivity index (χ0v) is 19.4. The number of nitrogens with zero attached hydrogens (tertiary/aromatic N) is 2. The van der Waals surface area contributed by atoms with Gasteiger partial charge >= 0.3 is 0 Å². The molecule has 0 fully saturated rings. The highest BCUT2D eigenvalue weighted by Crippen LogP contribution is 2.26. The van der Waals surface area contributed by atoms with Gasteiger partial charge in [0.25, 0.3) is 11.5 Å². The van der Waals surface area contributed by atoms with Gasteiger partial charge in [-0.3, -0.25) is 19.0 Å². The first-order chi connectivity index (χ1) is 15.8. The molecule has 170 valence electrons. The number of carbonyl (C=O) groups is 2. The van der Waals surface area contributed by atoms with Gasteiger partial charge in [0.15, 0.2) is 0 Å². The number of amides is 2. The van der Waals surface area contributed by atoms with E-state index in [-0.39, 0.29) is 30.5 Å². The molecule has 0 saturated carbocycles. The second kappa shape index (κ2) is 9.41. The summed E-state index contributed by atoms with van der Waals surface area (Å²) < 4.78 is 6.48. The molecule has 8 nitrogen and oxygen atoms in total. The number of rotatable bonds is 7. The van der Waals surface area contributed by atoms with Gasteiger partial charge in [-0.1, -0.05) is 26.0 Å². The monoisotopic (exact) mass is 464 g/mol. The van der Waals surface area contributed by atoms with Gasteiger partial charge in [-0.15, -0.1) is 11.3 Å². The number of hydrogen-bond acceptors (Lipinski definition) is 6. The molecule has 0 aliphatic carbocycles. The van der Waals surface area contributed by atoms with Crippen molar-refractivity contribution in [1.29, 1.82) is 0 Å². The largest absolute Gasteiger partial charge is 0.467 e. The Hall–Kier alpha value is -3.72. The van der Waals surface area contributed by atoms with Crippen molar-refractivity contribution in [3.05, 3.63) is 81.1 Å². The van der Waals surface area contributed by atoms with E-state index in [9.17, 15) is 14.4 Å². The normalized spacial score (nSPS) is 11.2. The third kappa shape index (κ3) is 4.88. The average Bonchev–Trinajstić information content (AvgIpc) is 3.42. The van der Waals surface area contributed by atoms with E-state index in [1.54, 1.807) is 19.1 Å². The van der Waals surface area contributed by atoms with Crippen LogP contribution in [0.15, 0.2) is 58.2 Å². The molecule has 0 aliphatic rings. The number of aryl methyl sites for hydroxylation is 1. The smallest absolute Gasteiger partial charge is 0.262 e. The molecule has 0 atom stereocenters. The number of carbonyl (C=O) groups excluding carboxylic acids is 2. The Labute approximate surface area is 194 Å². The molecule has 0 spiro atoms. The summed E-state index contributed by atoms with van der Waals surface area (Å²) in [6.07, 6.45) is 2.88. The van der Waals surface area contributed by atoms with Crippen LogP contribution >= 0.6 is 11.3 Å². The van der Waals surface area contributed by atoms with Crippen LogP contribution in [0.2, 0.25) is 0 Å². The van der Waals surface area contributed by atoms with Crippen LogP contribution in [-0.2, 0) is 17.9 Å². The molecule has 3 aromatic heterocycles. The van der Waals surface area contributed by atoms with Crippen LogP contribution in [0.4, 0.5) is 5.69 Å². The average molecular weight is 465 g/mol. The molecule has 3 heterocycles. The summed E-state index contributed by atoms with van der Waals surface area (Å²) >= 11 is 1.15. The molecule has 1 aromatic carbocycles. The lowest BCUT2D eigenvalue weighted by atomic mass is 10.0. The first-order valence-corrected chi connectivity index (χ1v) is 11.3. The van der Waals surface area contributed by atoms with Gasteiger partial charge in [-0.05, 0) is 48.2 Å². The molecule has 2 amide bonds. The van der Waals surface area contributed by atoms with Crippen LogP contribution in [0.1, 0.15) is 46.3 Å². The van der Waals surface area contributed by atoms with Gasteiger partial charge in [0.1, 0.15) is 17.1 Å². The highest BCUT2D eigenvalue weighted by Gasteiger charge is 2.20. The minimum absolute atomic E-state index is 0.178. The van der Waals surface area contributed by atoms with E-state index in [1.807, 2.05) is 24.3 Å². The number of anilines is 1. The van der Waals surface area contributed by atoms with E-state index in [4.69, 9.17) is 4.42 Å². The standard InChI is InChI=1S/C24H24N4O4S/c1-14(2)16-6-8-17(9-7-16)27-19(29)12-28-13-26-23-20(24(28)31)15(3)21(33-23)22(30)25-11-18-5-4-10-32-18/h4-10,13-14H,11-12H2,1-3H3,(H,25,30)(H,27,29). The van der Waals surface area contributed by atoms with Crippen molar-refractivity contribution in [1.82, 2.24) is 14.9 Å². The number of furan rings is 1. The van der Waals surface area contributed by atoms with Crippen molar-refractivity contribution in [2.24, 2.45) is 0 Å². The summed E-state index contributed by atoms with van der Waals surface area (Å²) in [5.74, 6) is 0.393. The molecule has 9 heteroatoms. The van der Waals surface area contributed by atoms with Crippen LogP contribution in [0.25, 0.3) is 10.2 Å². The maximum Gasteiger partial charge on any atom is 0.262 e. The lowest BCUT2D eigenvalue weighted by Gasteiger charge is -2.09. The Bertz CT molecular complexity index is 1350. The first-order valence-electron chi connectivity index (χ1n) is 10.5. The Morgan fingerprint density at radius 2 is 1.94 bits per heavy atom. The quantitative estimate of drug-likeness (QED) is 0.429. The molecule has 0 bridgehead atoms. The molecule has 0 radical (unpaired) electrons. The maximum absolute atomic E-state index is 13.0. The summed E-state index contributed by atoms with van der Waals surface area (Å²) in [7, 11) is 0. The molecule has 33 heavy (non-hydrogen) atoms. The van der Waals surface area contributed by atoms with Crippen LogP contribution < -0.4 is 16.2 Å². The van der Waals surface area contributed by atoms with Crippen molar-refractivity contribution in [2.75, 3.05) is 5.32 Å². The zero-order chi connectivity index (χ0) is 23.5. The molecular weight excluding hydrogens is 440 g/mol. The second-order valence-corrected chi connectivity index (χ2v) is 9.00. The minimum Gasteiger partial charge on any atom is -0.467 e. The highest BCUT2D eigenvalue weighted by atomic mass is 32.1. The predicted molar refractivity (Wildman–Crippen MR) is 128 cm³/mol. The van der Waals surface area contributed by atoms with E-state index in [2.05, 4.69) is 29.5 Å². The molecule has 4 rings (SSSR count). The number of nitrogens with one attached hydrogen (secondary N) is 2. The van der Waals surface area contributed by atoms with Gasteiger partial charge in [0, 0.05) is 5.69 Å². The Morgan fingerprint density at radius 3 is 2.61 bits per heavy atom. The van der Waals surface area contributed by atoms with E-state index in [0.717, 1.165) is 11.3 Å². The molecule has 0 aliphatic heterocycles. The number of aromatic nitrogens is 2. The van der Waals surface area contributed by atoms with E-state index < -0.39 is 0 Å². The topological polar surface area (TPSA) is 106 Å². The summed E-state index contributed by atoms with van der Waals surface area (Å²) in [4.78, 5) is 43.4.